The molecular formula is C13H22N2O2S2. The fourth-order valence-electron chi connectivity index (χ4n) is 2.54. The molecule has 1 heterocycles. The molecule has 0 aromatic carbocycles. The van der Waals surface area contributed by atoms with E-state index >= 15 is 0 Å². The van der Waals surface area contributed by atoms with Gasteiger partial charge in [-0.1, -0.05) is 19.8 Å². The lowest BCUT2D eigenvalue weighted by Gasteiger charge is -2.28. The second kappa shape index (κ2) is 6.35. The minimum Gasteiger partial charge on any atom is -0.316 e. The van der Waals surface area contributed by atoms with E-state index in [2.05, 4.69) is 17.0 Å². The summed E-state index contributed by atoms with van der Waals surface area (Å²) in [6, 6.07) is 1.85. The topological polar surface area (TPSA) is 58.2 Å². The van der Waals surface area contributed by atoms with Gasteiger partial charge < -0.3 is 5.32 Å². The summed E-state index contributed by atoms with van der Waals surface area (Å²) >= 11 is 1.30. The first-order valence-corrected chi connectivity index (χ1v) is 9.13. The van der Waals surface area contributed by atoms with Crippen molar-refractivity contribution in [2.45, 2.75) is 49.4 Å². The van der Waals surface area contributed by atoms with Crippen LogP contribution in [0.15, 0.2) is 15.7 Å². The summed E-state index contributed by atoms with van der Waals surface area (Å²) in [5.74, 6) is 0.431. The lowest BCUT2D eigenvalue weighted by molar-refractivity contribution is 0.310. The predicted molar refractivity (Wildman–Crippen MR) is 78.8 cm³/mol. The number of hydrogen-bond acceptors (Lipinski definition) is 4. The van der Waals surface area contributed by atoms with Crippen molar-refractivity contribution in [3.05, 3.63) is 17.0 Å². The molecule has 0 saturated heterocycles. The molecule has 1 fully saturated rings. The van der Waals surface area contributed by atoms with Gasteiger partial charge in [0.2, 0.25) is 10.0 Å². The number of thiophene rings is 1. The van der Waals surface area contributed by atoms with Crippen LogP contribution in [0.25, 0.3) is 0 Å². The Labute approximate surface area is 119 Å². The first kappa shape index (κ1) is 15.0. The van der Waals surface area contributed by atoms with Crippen molar-refractivity contribution in [3.8, 4) is 0 Å². The summed E-state index contributed by atoms with van der Waals surface area (Å²) in [5.41, 5.74) is 1.02. The Kier molecular flexibility index (Phi) is 5.00. The van der Waals surface area contributed by atoms with Crippen LogP contribution in [0.4, 0.5) is 0 Å². The van der Waals surface area contributed by atoms with E-state index in [1.165, 1.54) is 17.8 Å². The molecule has 0 spiro atoms. The number of hydrogen-bond donors (Lipinski definition) is 2. The van der Waals surface area contributed by atoms with Crippen LogP contribution in [0.3, 0.4) is 0 Å². The van der Waals surface area contributed by atoms with E-state index in [9.17, 15) is 8.42 Å². The van der Waals surface area contributed by atoms with Gasteiger partial charge in [0.25, 0.3) is 0 Å². The summed E-state index contributed by atoms with van der Waals surface area (Å²) in [4.78, 5) is 0. The predicted octanol–water partition coefficient (Wildman–Crippen LogP) is 2.32. The fourth-order valence-corrected chi connectivity index (χ4v) is 5.14. The van der Waals surface area contributed by atoms with Crippen molar-refractivity contribution in [2.75, 3.05) is 7.05 Å². The van der Waals surface area contributed by atoms with Gasteiger partial charge in [0.05, 0.1) is 0 Å². The van der Waals surface area contributed by atoms with Crippen molar-refractivity contribution >= 4 is 21.4 Å². The minimum atomic E-state index is -3.35. The van der Waals surface area contributed by atoms with Crippen LogP contribution >= 0.6 is 11.3 Å². The highest BCUT2D eigenvalue weighted by molar-refractivity contribution is 7.91. The maximum absolute atomic E-state index is 12.3. The Morgan fingerprint density at radius 1 is 1.37 bits per heavy atom. The summed E-state index contributed by atoms with van der Waals surface area (Å²) in [6.45, 7) is 2.83. The standard InChI is InChI=1S/C13H22N2O2S2/c1-10-5-3-4-6-12(10)15-19(16,17)13-7-11(8-14-2)9-18-13/h7,9-10,12,14-15H,3-6,8H2,1-2H3. The molecule has 1 saturated carbocycles. The SMILES string of the molecule is CNCc1csc(S(=O)(=O)NC2CCCCC2C)c1. The molecule has 2 rings (SSSR count). The van der Waals surface area contributed by atoms with Gasteiger partial charge in [-0.05, 0) is 42.8 Å². The number of rotatable bonds is 5. The summed E-state index contributed by atoms with van der Waals surface area (Å²) < 4.78 is 28.0. The van der Waals surface area contributed by atoms with E-state index in [4.69, 9.17) is 0 Å². The van der Waals surface area contributed by atoms with E-state index in [1.54, 1.807) is 6.07 Å². The van der Waals surface area contributed by atoms with Gasteiger partial charge in [0, 0.05) is 12.6 Å². The largest absolute Gasteiger partial charge is 0.316 e. The molecule has 2 atom stereocenters. The van der Waals surface area contributed by atoms with Crippen LogP contribution < -0.4 is 10.0 Å². The molecule has 0 bridgehead atoms. The Hall–Kier alpha value is -0.430. The molecule has 108 valence electrons. The van der Waals surface area contributed by atoms with Crippen molar-refractivity contribution in [3.63, 3.8) is 0 Å². The highest BCUT2D eigenvalue weighted by Gasteiger charge is 2.27. The van der Waals surface area contributed by atoms with E-state index in [-0.39, 0.29) is 6.04 Å². The minimum absolute atomic E-state index is 0.0913. The van der Waals surface area contributed by atoms with Crippen molar-refractivity contribution < 1.29 is 8.42 Å². The van der Waals surface area contributed by atoms with Gasteiger partial charge in [0.1, 0.15) is 4.21 Å². The molecule has 1 aromatic heterocycles. The Balaban J connectivity index is 2.08. The lowest BCUT2D eigenvalue weighted by atomic mass is 9.87. The zero-order valence-electron chi connectivity index (χ0n) is 11.5. The van der Waals surface area contributed by atoms with Crippen LogP contribution in [-0.4, -0.2) is 21.5 Å². The summed E-state index contributed by atoms with van der Waals surface area (Å²) in [5, 5.41) is 4.93. The van der Waals surface area contributed by atoms with E-state index in [0.717, 1.165) is 24.8 Å². The zero-order valence-corrected chi connectivity index (χ0v) is 13.1. The maximum atomic E-state index is 12.3. The van der Waals surface area contributed by atoms with E-state index in [0.29, 0.717) is 16.7 Å². The second-order valence-electron chi connectivity index (χ2n) is 5.29. The van der Waals surface area contributed by atoms with Crippen LogP contribution in [0.5, 0.6) is 0 Å². The summed E-state index contributed by atoms with van der Waals surface area (Å²) in [6.07, 6.45) is 4.40. The van der Waals surface area contributed by atoms with Crippen molar-refractivity contribution in [2.24, 2.45) is 5.92 Å². The van der Waals surface area contributed by atoms with Gasteiger partial charge >= 0.3 is 0 Å². The Morgan fingerprint density at radius 2 is 2.11 bits per heavy atom. The Morgan fingerprint density at radius 3 is 2.79 bits per heavy atom. The third-order valence-corrected chi connectivity index (χ3v) is 6.67. The van der Waals surface area contributed by atoms with Gasteiger partial charge in [-0.15, -0.1) is 11.3 Å². The third-order valence-electron chi connectivity index (χ3n) is 3.69. The van der Waals surface area contributed by atoms with Gasteiger partial charge in [0.15, 0.2) is 0 Å². The van der Waals surface area contributed by atoms with Crippen LogP contribution in [0.2, 0.25) is 0 Å². The van der Waals surface area contributed by atoms with E-state index in [1.807, 2.05) is 12.4 Å². The van der Waals surface area contributed by atoms with Gasteiger partial charge in [-0.3, -0.25) is 0 Å². The van der Waals surface area contributed by atoms with Crippen LogP contribution in [0, 0.1) is 5.92 Å². The molecule has 0 amide bonds. The van der Waals surface area contributed by atoms with Crippen molar-refractivity contribution in [1.29, 1.82) is 0 Å². The highest BCUT2D eigenvalue weighted by atomic mass is 32.2. The quantitative estimate of drug-likeness (QED) is 0.877. The molecule has 2 unspecified atom stereocenters. The average molecular weight is 302 g/mol. The first-order chi connectivity index (χ1) is 9.03. The highest BCUT2D eigenvalue weighted by Crippen LogP contribution is 2.27. The molecule has 19 heavy (non-hydrogen) atoms. The maximum Gasteiger partial charge on any atom is 0.250 e. The molecule has 1 aliphatic carbocycles. The molecular weight excluding hydrogens is 280 g/mol. The molecule has 0 aliphatic heterocycles. The smallest absolute Gasteiger partial charge is 0.250 e. The fraction of sp³-hybridized carbons (Fsp3) is 0.692. The molecule has 1 aliphatic rings. The second-order valence-corrected chi connectivity index (χ2v) is 8.15. The molecule has 2 N–H and O–H groups in total. The third kappa shape index (κ3) is 3.78. The van der Waals surface area contributed by atoms with Crippen molar-refractivity contribution in [1.82, 2.24) is 10.0 Å². The number of nitrogens with one attached hydrogen (secondary N) is 2. The zero-order chi connectivity index (χ0) is 13.9. The lowest BCUT2D eigenvalue weighted by Crippen LogP contribution is -2.40. The first-order valence-electron chi connectivity index (χ1n) is 6.77. The molecule has 6 heteroatoms. The number of sulfonamides is 1. The van der Waals surface area contributed by atoms with Gasteiger partial charge in [-0.2, -0.15) is 0 Å². The molecule has 1 aromatic rings. The summed E-state index contributed by atoms with van der Waals surface area (Å²) in [7, 11) is -1.49. The molecule has 4 nitrogen and oxygen atoms in total. The Bertz CT molecular complexity index is 510. The normalized spacial score (nSPS) is 24.5. The van der Waals surface area contributed by atoms with Gasteiger partial charge in [-0.25, -0.2) is 13.1 Å². The molecule has 0 radical (unpaired) electrons. The monoisotopic (exact) mass is 302 g/mol. The van der Waals surface area contributed by atoms with Crippen LogP contribution in [0.1, 0.15) is 38.2 Å². The van der Waals surface area contributed by atoms with Crippen LogP contribution in [-0.2, 0) is 16.6 Å². The average Bonchev–Trinajstić information content (AvgIpc) is 2.82. The van der Waals surface area contributed by atoms with E-state index < -0.39 is 10.0 Å².